The first-order chi connectivity index (χ1) is 13.5. The van der Waals surface area contributed by atoms with Crippen LogP contribution in [0.3, 0.4) is 0 Å². The average Bonchev–Trinajstić information content (AvgIpc) is 2.67. The lowest BCUT2D eigenvalue weighted by molar-refractivity contribution is 0.284. The zero-order valence-corrected chi connectivity index (χ0v) is 17.5. The first-order valence-corrected chi connectivity index (χ1v) is 9.58. The molecule has 3 aromatic rings. The third-order valence-corrected chi connectivity index (χ3v) is 4.88. The zero-order valence-electron chi connectivity index (χ0n) is 16.0. The van der Waals surface area contributed by atoms with Crippen molar-refractivity contribution in [3.05, 3.63) is 86.9 Å². The molecule has 0 N–H and O–H groups in total. The number of hydrogen-bond donors (Lipinski definition) is 0. The Morgan fingerprint density at radius 1 is 0.929 bits per heavy atom. The predicted octanol–water partition coefficient (Wildman–Crippen LogP) is 6.95. The fraction of sp³-hybridized carbons (Fsp3) is 0.174. The Morgan fingerprint density at radius 3 is 2.46 bits per heavy atom. The Balaban J connectivity index is 1.75. The molecule has 0 heterocycles. The van der Waals surface area contributed by atoms with Gasteiger partial charge in [-0.15, -0.1) is 0 Å². The number of ether oxygens (including phenoxy) is 2. The molecule has 0 atom stereocenters. The molecule has 0 amide bonds. The monoisotopic (exact) mass is 413 g/mol. The van der Waals surface area contributed by atoms with Gasteiger partial charge in [-0.25, -0.2) is 0 Å². The summed E-state index contributed by atoms with van der Waals surface area (Å²) in [5.41, 5.74) is 5.09. The van der Waals surface area contributed by atoms with Crippen molar-refractivity contribution < 1.29 is 9.47 Å². The van der Waals surface area contributed by atoms with Crippen LogP contribution < -0.4 is 9.47 Å². The van der Waals surface area contributed by atoms with E-state index in [1.165, 1.54) is 5.56 Å². The maximum atomic E-state index is 6.20. The Kier molecular flexibility index (Phi) is 6.61. The van der Waals surface area contributed by atoms with Crippen molar-refractivity contribution in [1.82, 2.24) is 0 Å². The number of hydrogen-bond acceptors (Lipinski definition) is 3. The fourth-order valence-electron chi connectivity index (χ4n) is 2.77. The van der Waals surface area contributed by atoms with E-state index in [4.69, 9.17) is 32.7 Å². The summed E-state index contributed by atoms with van der Waals surface area (Å²) in [6.07, 6.45) is 1.82. The van der Waals surface area contributed by atoms with E-state index < -0.39 is 0 Å². The number of aliphatic imine (C=N–C) groups is 1. The topological polar surface area (TPSA) is 30.8 Å². The second-order valence-electron chi connectivity index (χ2n) is 6.48. The van der Waals surface area contributed by atoms with E-state index in [0.717, 1.165) is 22.4 Å². The van der Waals surface area contributed by atoms with Crippen LogP contribution in [-0.4, -0.2) is 13.3 Å². The largest absolute Gasteiger partial charge is 0.493 e. The Hall–Kier alpha value is -2.49. The van der Waals surface area contributed by atoms with Gasteiger partial charge >= 0.3 is 0 Å². The molecule has 0 bridgehead atoms. The minimum absolute atomic E-state index is 0.322. The molecule has 0 saturated carbocycles. The fourth-order valence-corrected chi connectivity index (χ4v) is 3.24. The van der Waals surface area contributed by atoms with Crippen LogP contribution in [0.1, 0.15) is 22.3 Å². The molecular formula is C23H21Cl2NO2. The van der Waals surface area contributed by atoms with E-state index in [1.54, 1.807) is 19.2 Å². The van der Waals surface area contributed by atoms with Gasteiger partial charge in [0.1, 0.15) is 6.61 Å². The van der Waals surface area contributed by atoms with E-state index in [2.05, 4.69) is 31.0 Å². The quantitative estimate of drug-likeness (QED) is 0.409. The van der Waals surface area contributed by atoms with Crippen LogP contribution in [0.5, 0.6) is 11.5 Å². The highest BCUT2D eigenvalue weighted by Crippen LogP contribution is 2.30. The molecule has 5 heteroatoms. The Labute approximate surface area is 175 Å². The molecule has 0 aliphatic carbocycles. The van der Waals surface area contributed by atoms with E-state index in [-0.39, 0.29) is 0 Å². The Morgan fingerprint density at radius 2 is 1.75 bits per heavy atom. The van der Waals surface area contributed by atoms with Gasteiger partial charge in [-0.3, -0.25) is 4.99 Å². The smallest absolute Gasteiger partial charge is 0.161 e. The van der Waals surface area contributed by atoms with Gasteiger partial charge in [-0.2, -0.15) is 0 Å². The minimum atomic E-state index is 0.322. The molecule has 0 radical (unpaired) electrons. The third kappa shape index (κ3) is 5.06. The van der Waals surface area contributed by atoms with Crippen LogP contribution in [0.2, 0.25) is 10.0 Å². The maximum absolute atomic E-state index is 6.20. The van der Waals surface area contributed by atoms with Crippen molar-refractivity contribution in [2.24, 2.45) is 4.99 Å². The summed E-state index contributed by atoms with van der Waals surface area (Å²) in [6.45, 7) is 4.45. The maximum Gasteiger partial charge on any atom is 0.161 e. The summed E-state index contributed by atoms with van der Waals surface area (Å²) < 4.78 is 11.4. The van der Waals surface area contributed by atoms with E-state index >= 15 is 0 Å². The molecule has 3 nitrogen and oxygen atoms in total. The van der Waals surface area contributed by atoms with E-state index in [9.17, 15) is 0 Å². The van der Waals surface area contributed by atoms with Crippen LogP contribution in [0.4, 0.5) is 5.69 Å². The third-order valence-electron chi connectivity index (χ3n) is 4.29. The summed E-state index contributed by atoms with van der Waals surface area (Å²) in [7, 11) is 1.61. The van der Waals surface area contributed by atoms with Gasteiger partial charge < -0.3 is 9.47 Å². The van der Waals surface area contributed by atoms with Gasteiger partial charge in [0.2, 0.25) is 0 Å². The second-order valence-corrected chi connectivity index (χ2v) is 7.33. The number of nitrogens with zero attached hydrogens (tertiary/aromatic N) is 1. The summed E-state index contributed by atoms with van der Waals surface area (Å²) in [5, 5.41) is 1.17. The number of halogens is 2. The van der Waals surface area contributed by atoms with Gasteiger partial charge in [-0.05, 0) is 61.4 Å². The molecule has 0 fully saturated rings. The van der Waals surface area contributed by atoms with Crippen molar-refractivity contribution >= 4 is 35.1 Å². The summed E-state index contributed by atoms with van der Waals surface area (Å²) in [4.78, 5) is 4.58. The van der Waals surface area contributed by atoms with Crippen molar-refractivity contribution in [3.8, 4) is 11.5 Å². The molecule has 3 rings (SSSR count). The molecule has 0 saturated heterocycles. The highest BCUT2D eigenvalue weighted by Gasteiger charge is 2.08. The highest BCUT2D eigenvalue weighted by molar-refractivity contribution is 6.35. The van der Waals surface area contributed by atoms with Crippen LogP contribution in [0.15, 0.2) is 59.6 Å². The first kappa shape index (κ1) is 20.2. The van der Waals surface area contributed by atoms with Crippen molar-refractivity contribution in [1.29, 1.82) is 0 Å². The average molecular weight is 414 g/mol. The van der Waals surface area contributed by atoms with E-state index in [0.29, 0.717) is 28.2 Å². The molecule has 0 unspecified atom stereocenters. The lowest BCUT2D eigenvalue weighted by Crippen LogP contribution is -1.99. The number of aryl methyl sites for hydroxylation is 2. The molecule has 28 heavy (non-hydrogen) atoms. The molecule has 0 aliphatic heterocycles. The molecule has 3 aromatic carbocycles. The Bertz CT molecular complexity index is 1020. The van der Waals surface area contributed by atoms with Crippen molar-refractivity contribution in [2.75, 3.05) is 7.11 Å². The summed E-state index contributed by atoms with van der Waals surface area (Å²) in [6, 6.07) is 17.2. The SMILES string of the molecule is COc1cc(C=Nc2ccc(C)cc2C)ccc1OCc1ccc(Cl)cc1Cl. The minimum Gasteiger partial charge on any atom is -0.493 e. The lowest BCUT2D eigenvalue weighted by Gasteiger charge is -2.12. The predicted molar refractivity (Wildman–Crippen MR) is 117 cm³/mol. The molecule has 144 valence electrons. The number of methoxy groups -OCH3 is 1. The van der Waals surface area contributed by atoms with Crippen molar-refractivity contribution in [2.45, 2.75) is 20.5 Å². The summed E-state index contributed by atoms with van der Waals surface area (Å²) >= 11 is 12.1. The van der Waals surface area contributed by atoms with Gasteiger partial charge in [0.05, 0.1) is 12.8 Å². The van der Waals surface area contributed by atoms with Crippen LogP contribution in [0.25, 0.3) is 0 Å². The molecular weight excluding hydrogens is 393 g/mol. The van der Waals surface area contributed by atoms with Gasteiger partial charge in [0, 0.05) is 21.8 Å². The number of rotatable bonds is 6. The van der Waals surface area contributed by atoms with Crippen LogP contribution >= 0.6 is 23.2 Å². The van der Waals surface area contributed by atoms with Gasteiger partial charge in [-0.1, -0.05) is 47.0 Å². The van der Waals surface area contributed by atoms with Crippen LogP contribution in [-0.2, 0) is 6.61 Å². The lowest BCUT2D eigenvalue weighted by atomic mass is 10.1. The van der Waals surface area contributed by atoms with Crippen molar-refractivity contribution in [3.63, 3.8) is 0 Å². The number of benzene rings is 3. The molecule has 0 aliphatic rings. The summed E-state index contributed by atoms with van der Waals surface area (Å²) in [5.74, 6) is 1.27. The van der Waals surface area contributed by atoms with E-state index in [1.807, 2.05) is 36.5 Å². The highest BCUT2D eigenvalue weighted by atomic mass is 35.5. The van der Waals surface area contributed by atoms with Gasteiger partial charge in [0.25, 0.3) is 0 Å². The normalized spacial score (nSPS) is 11.0. The second kappa shape index (κ2) is 9.13. The molecule has 0 spiro atoms. The standard InChI is InChI=1S/C23H21Cl2NO2/c1-15-4-8-21(16(2)10-15)26-13-17-5-9-22(23(11-17)27-3)28-14-18-6-7-19(24)12-20(18)25/h4-13H,14H2,1-3H3. The zero-order chi connectivity index (χ0) is 20.1. The van der Waals surface area contributed by atoms with Gasteiger partial charge in [0.15, 0.2) is 11.5 Å². The van der Waals surface area contributed by atoms with Crippen LogP contribution in [0, 0.1) is 13.8 Å². The first-order valence-electron chi connectivity index (χ1n) is 8.82. The molecule has 0 aromatic heterocycles.